The van der Waals surface area contributed by atoms with Crippen molar-refractivity contribution in [1.82, 2.24) is 10.3 Å². The maximum atomic E-state index is 12.0. The highest BCUT2D eigenvalue weighted by atomic mass is 19.4. The van der Waals surface area contributed by atoms with Crippen LogP contribution in [0.15, 0.2) is 12.1 Å². The molecule has 1 rings (SSSR count). The van der Waals surface area contributed by atoms with Gasteiger partial charge in [-0.15, -0.1) is 0 Å². The smallest absolute Gasteiger partial charge is 0.373 e. The highest BCUT2D eigenvalue weighted by molar-refractivity contribution is 5.95. The predicted molar refractivity (Wildman–Crippen MR) is 61.5 cm³/mol. The number of nitrogens with one attached hydrogen (secondary N) is 2. The van der Waals surface area contributed by atoms with E-state index in [9.17, 15) is 18.0 Å². The largest absolute Gasteiger partial charge is 0.405 e. The van der Waals surface area contributed by atoms with Gasteiger partial charge in [0.15, 0.2) is 0 Å². The summed E-state index contributed by atoms with van der Waals surface area (Å²) >= 11 is 0. The van der Waals surface area contributed by atoms with Crippen LogP contribution in [0.4, 0.5) is 19.0 Å². The third kappa shape index (κ3) is 4.23. The highest BCUT2D eigenvalue weighted by Gasteiger charge is 2.28. The van der Waals surface area contributed by atoms with E-state index in [1.807, 2.05) is 12.2 Å². The van der Waals surface area contributed by atoms with Gasteiger partial charge in [-0.25, -0.2) is 4.98 Å². The lowest BCUT2D eigenvalue weighted by Crippen LogP contribution is -2.33. The van der Waals surface area contributed by atoms with Gasteiger partial charge in [0.1, 0.15) is 12.4 Å². The molecule has 0 saturated heterocycles. The number of halogens is 3. The lowest BCUT2D eigenvalue weighted by atomic mass is 10.2. The van der Waals surface area contributed by atoms with Crippen molar-refractivity contribution in [3.63, 3.8) is 0 Å². The monoisotopic (exact) mass is 261 g/mol. The Hall–Kier alpha value is -1.79. The number of pyridine rings is 1. The lowest BCUT2D eigenvalue weighted by molar-refractivity contribution is -0.123. The first kappa shape index (κ1) is 14.3. The number of carbonyl (C=O) groups excluding carboxylic acids is 1. The van der Waals surface area contributed by atoms with Gasteiger partial charge >= 0.3 is 6.18 Å². The van der Waals surface area contributed by atoms with Crippen LogP contribution in [0.3, 0.4) is 0 Å². The molecule has 2 N–H and O–H groups in total. The summed E-state index contributed by atoms with van der Waals surface area (Å²) in [5.41, 5.74) is 0.800. The van der Waals surface area contributed by atoms with Crippen LogP contribution in [0.2, 0.25) is 0 Å². The molecule has 18 heavy (non-hydrogen) atoms. The number of hydrogen-bond acceptors (Lipinski definition) is 3. The summed E-state index contributed by atoms with van der Waals surface area (Å²) in [6.45, 7) is 0.504. The van der Waals surface area contributed by atoms with E-state index in [2.05, 4.69) is 10.3 Å². The van der Waals surface area contributed by atoms with Gasteiger partial charge in [0, 0.05) is 18.3 Å². The topological polar surface area (TPSA) is 54.0 Å². The van der Waals surface area contributed by atoms with Crippen molar-refractivity contribution in [3.8, 4) is 0 Å². The van der Waals surface area contributed by atoms with E-state index < -0.39 is 18.6 Å². The van der Waals surface area contributed by atoms with E-state index in [-0.39, 0.29) is 5.56 Å². The maximum Gasteiger partial charge on any atom is 0.405 e. The number of amides is 1. The summed E-state index contributed by atoms with van der Waals surface area (Å²) < 4.78 is 35.9. The summed E-state index contributed by atoms with van der Waals surface area (Å²) in [5.74, 6) is -0.313. The Bertz CT molecular complexity index is 410. The minimum Gasteiger partial charge on any atom is -0.373 e. The minimum absolute atomic E-state index is 0.162. The molecule has 4 nitrogen and oxygen atoms in total. The van der Waals surface area contributed by atoms with Crippen LogP contribution in [0.5, 0.6) is 0 Å². The van der Waals surface area contributed by atoms with Gasteiger partial charge < -0.3 is 10.6 Å². The molecule has 0 radical (unpaired) electrons. The highest BCUT2D eigenvalue weighted by Crippen LogP contribution is 2.14. The Kier molecular flexibility index (Phi) is 4.52. The van der Waals surface area contributed by atoms with Gasteiger partial charge in [0.05, 0.1) is 0 Å². The number of anilines is 1. The Morgan fingerprint density at radius 2 is 2.06 bits per heavy atom. The molecule has 0 atom stereocenters. The van der Waals surface area contributed by atoms with Gasteiger partial charge in [-0.2, -0.15) is 13.2 Å². The van der Waals surface area contributed by atoms with Crippen LogP contribution in [0.25, 0.3) is 0 Å². The van der Waals surface area contributed by atoms with E-state index in [1.165, 1.54) is 12.1 Å². The van der Waals surface area contributed by atoms with Crippen LogP contribution in [0, 0.1) is 0 Å². The molecule has 0 fully saturated rings. The van der Waals surface area contributed by atoms with E-state index in [0.29, 0.717) is 17.9 Å². The second-order valence-corrected chi connectivity index (χ2v) is 3.63. The van der Waals surface area contributed by atoms with E-state index in [0.717, 1.165) is 0 Å². The van der Waals surface area contributed by atoms with Crippen molar-refractivity contribution in [2.24, 2.45) is 0 Å². The average molecular weight is 261 g/mol. The number of rotatable bonds is 4. The SMILES string of the molecule is CCc1cc(C(=O)NCC(F)(F)F)cc(NC)n1. The Morgan fingerprint density at radius 1 is 1.39 bits per heavy atom. The van der Waals surface area contributed by atoms with Crippen LogP contribution in [-0.4, -0.2) is 30.7 Å². The molecular weight excluding hydrogens is 247 g/mol. The summed E-state index contributed by atoms with van der Waals surface area (Å²) in [4.78, 5) is 15.7. The van der Waals surface area contributed by atoms with Gasteiger partial charge in [0.25, 0.3) is 5.91 Å². The molecular formula is C11H14F3N3O. The summed E-state index contributed by atoms with van der Waals surface area (Å²) in [5, 5.41) is 4.58. The Balaban J connectivity index is 2.84. The quantitative estimate of drug-likeness (QED) is 0.871. The molecule has 1 amide bonds. The summed E-state index contributed by atoms with van der Waals surface area (Å²) in [7, 11) is 1.62. The van der Waals surface area contributed by atoms with Crippen molar-refractivity contribution in [2.45, 2.75) is 19.5 Å². The molecule has 0 aliphatic heterocycles. The zero-order chi connectivity index (χ0) is 13.8. The fourth-order valence-corrected chi connectivity index (χ4v) is 1.31. The number of carbonyl (C=O) groups is 1. The molecule has 1 aromatic heterocycles. The van der Waals surface area contributed by atoms with Gasteiger partial charge in [-0.05, 0) is 18.6 Å². The first-order chi connectivity index (χ1) is 8.35. The second kappa shape index (κ2) is 5.70. The molecule has 1 aromatic rings. The second-order valence-electron chi connectivity index (χ2n) is 3.63. The van der Waals surface area contributed by atoms with Crippen LogP contribution in [0.1, 0.15) is 23.0 Å². The molecule has 0 aliphatic rings. The first-order valence-corrected chi connectivity index (χ1v) is 5.39. The first-order valence-electron chi connectivity index (χ1n) is 5.39. The summed E-state index contributed by atoms with van der Waals surface area (Å²) in [6, 6.07) is 2.89. The maximum absolute atomic E-state index is 12.0. The van der Waals surface area contributed by atoms with Crippen LogP contribution < -0.4 is 10.6 Å². The molecule has 0 unspecified atom stereocenters. The number of alkyl halides is 3. The summed E-state index contributed by atoms with van der Waals surface area (Å²) in [6.07, 6.45) is -3.82. The van der Waals surface area contributed by atoms with Gasteiger partial charge in [-0.3, -0.25) is 4.79 Å². The zero-order valence-electron chi connectivity index (χ0n) is 10.1. The number of nitrogens with zero attached hydrogens (tertiary/aromatic N) is 1. The van der Waals surface area contributed by atoms with Gasteiger partial charge in [0.2, 0.25) is 0 Å². The van der Waals surface area contributed by atoms with Crippen molar-refractivity contribution in [1.29, 1.82) is 0 Å². The van der Waals surface area contributed by atoms with E-state index in [1.54, 1.807) is 7.05 Å². The van der Waals surface area contributed by atoms with Crippen LogP contribution in [-0.2, 0) is 6.42 Å². The fraction of sp³-hybridized carbons (Fsp3) is 0.455. The third-order valence-corrected chi connectivity index (χ3v) is 2.21. The number of hydrogen-bond donors (Lipinski definition) is 2. The number of aryl methyl sites for hydroxylation is 1. The molecule has 0 spiro atoms. The molecule has 7 heteroatoms. The Labute approximate surface area is 103 Å². The van der Waals surface area contributed by atoms with E-state index in [4.69, 9.17) is 0 Å². The normalized spacial score (nSPS) is 11.2. The van der Waals surface area contributed by atoms with Crippen molar-refractivity contribution >= 4 is 11.7 Å². The van der Waals surface area contributed by atoms with Crippen molar-refractivity contribution in [3.05, 3.63) is 23.4 Å². The molecule has 0 aliphatic carbocycles. The molecule has 0 saturated carbocycles. The predicted octanol–water partition coefficient (Wildman–Crippen LogP) is 1.98. The minimum atomic E-state index is -4.41. The fourth-order valence-electron chi connectivity index (χ4n) is 1.31. The third-order valence-electron chi connectivity index (χ3n) is 2.21. The molecule has 100 valence electrons. The van der Waals surface area contributed by atoms with Crippen molar-refractivity contribution < 1.29 is 18.0 Å². The zero-order valence-corrected chi connectivity index (χ0v) is 10.1. The van der Waals surface area contributed by atoms with Crippen molar-refractivity contribution in [2.75, 3.05) is 18.9 Å². The average Bonchev–Trinajstić information content (AvgIpc) is 2.34. The Morgan fingerprint density at radius 3 is 2.56 bits per heavy atom. The van der Waals surface area contributed by atoms with Gasteiger partial charge in [-0.1, -0.05) is 6.92 Å². The molecule has 1 heterocycles. The van der Waals surface area contributed by atoms with E-state index >= 15 is 0 Å². The lowest BCUT2D eigenvalue weighted by Gasteiger charge is -2.10. The number of aromatic nitrogens is 1. The standard InChI is InChI=1S/C11H14F3N3O/c1-3-8-4-7(5-9(15-2)17-8)10(18)16-6-11(12,13)14/h4-5H,3,6H2,1-2H3,(H,15,17)(H,16,18). The van der Waals surface area contributed by atoms with Crippen LogP contribution >= 0.6 is 0 Å². The molecule has 0 bridgehead atoms. The molecule has 0 aromatic carbocycles.